The Morgan fingerprint density at radius 2 is 1.85 bits per heavy atom. The molecule has 0 spiro atoms. The summed E-state index contributed by atoms with van der Waals surface area (Å²) >= 11 is 0. The van der Waals surface area contributed by atoms with Crippen LogP contribution in [0.5, 0.6) is 5.75 Å². The van der Waals surface area contributed by atoms with Crippen LogP contribution in [0.3, 0.4) is 0 Å². The van der Waals surface area contributed by atoms with Crippen molar-refractivity contribution in [1.29, 1.82) is 0 Å². The van der Waals surface area contributed by atoms with Crippen molar-refractivity contribution in [3.63, 3.8) is 0 Å². The number of ether oxygens (including phenoxy) is 1. The number of amides is 2. The maximum absolute atomic E-state index is 13.2. The highest BCUT2D eigenvalue weighted by molar-refractivity contribution is 5.78. The largest absolute Gasteiger partial charge is 0.490 e. The molecule has 3 rings (SSSR count). The van der Waals surface area contributed by atoms with Crippen LogP contribution in [0.4, 0.5) is 8.78 Å². The lowest BCUT2D eigenvalue weighted by atomic mass is 9.92. The lowest BCUT2D eigenvalue weighted by Gasteiger charge is -2.29. The van der Waals surface area contributed by atoms with Crippen LogP contribution in [0, 0.1) is 11.6 Å². The second-order valence-corrected chi connectivity index (χ2v) is 7.35. The molecule has 2 fully saturated rings. The molecule has 27 heavy (non-hydrogen) atoms. The van der Waals surface area contributed by atoms with Gasteiger partial charge in [0.1, 0.15) is 17.4 Å². The zero-order chi connectivity index (χ0) is 19.2. The Hall–Kier alpha value is -2.18. The third-order valence-corrected chi connectivity index (χ3v) is 5.18. The van der Waals surface area contributed by atoms with Gasteiger partial charge in [0.05, 0.1) is 6.10 Å². The van der Waals surface area contributed by atoms with Crippen molar-refractivity contribution in [2.75, 3.05) is 13.1 Å². The van der Waals surface area contributed by atoms with Crippen molar-refractivity contribution in [2.45, 2.75) is 63.5 Å². The lowest BCUT2D eigenvalue weighted by Crippen LogP contribution is -2.40. The monoisotopic (exact) mass is 380 g/mol. The number of rotatable bonds is 7. The zero-order valence-electron chi connectivity index (χ0n) is 15.4. The molecule has 1 aromatic carbocycles. The van der Waals surface area contributed by atoms with Gasteiger partial charge in [-0.05, 0) is 38.5 Å². The van der Waals surface area contributed by atoms with E-state index in [1.807, 2.05) is 4.90 Å². The van der Waals surface area contributed by atoms with Gasteiger partial charge in [-0.3, -0.25) is 9.59 Å². The van der Waals surface area contributed by atoms with E-state index >= 15 is 0 Å². The summed E-state index contributed by atoms with van der Waals surface area (Å²) in [4.78, 5) is 25.4. The second-order valence-electron chi connectivity index (χ2n) is 7.35. The molecule has 0 aromatic heterocycles. The van der Waals surface area contributed by atoms with E-state index in [-0.39, 0.29) is 29.7 Å². The molecule has 0 bridgehead atoms. The van der Waals surface area contributed by atoms with Crippen LogP contribution in [-0.4, -0.2) is 41.9 Å². The Kier molecular flexibility index (Phi) is 6.63. The SMILES string of the molecule is O=C(CCCN1CCCC1=O)NC1CCC(Oc2cc(F)cc(F)c2)CC1. The Bertz CT molecular complexity index is 655. The van der Waals surface area contributed by atoms with Gasteiger partial charge in [-0.1, -0.05) is 0 Å². The Labute approximate surface area is 158 Å². The predicted octanol–water partition coefficient (Wildman–Crippen LogP) is 3.17. The fourth-order valence-electron chi connectivity index (χ4n) is 3.78. The molecule has 0 atom stereocenters. The van der Waals surface area contributed by atoms with Gasteiger partial charge in [-0.25, -0.2) is 8.78 Å². The van der Waals surface area contributed by atoms with Gasteiger partial charge < -0.3 is 15.0 Å². The van der Waals surface area contributed by atoms with Gasteiger partial charge in [0, 0.05) is 50.2 Å². The Balaban J connectivity index is 1.34. The highest BCUT2D eigenvalue weighted by atomic mass is 19.1. The van der Waals surface area contributed by atoms with Gasteiger partial charge in [-0.2, -0.15) is 0 Å². The van der Waals surface area contributed by atoms with Gasteiger partial charge >= 0.3 is 0 Å². The number of hydrogen-bond donors (Lipinski definition) is 1. The first kappa shape index (κ1) is 19.6. The summed E-state index contributed by atoms with van der Waals surface area (Å²) in [5.74, 6) is -0.898. The maximum atomic E-state index is 13.2. The summed E-state index contributed by atoms with van der Waals surface area (Å²) in [6, 6.07) is 3.29. The molecular formula is C20H26F2N2O3. The zero-order valence-corrected chi connectivity index (χ0v) is 15.4. The molecule has 1 aromatic rings. The molecule has 1 heterocycles. The van der Waals surface area contributed by atoms with Gasteiger partial charge in [0.25, 0.3) is 0 Å². The first-order valence-corrected chi connectivity index (χ1v) is 9.69. The molecule has 2 amide bonds. The van der Waals surface area contributed by atoms with Gasteiger partial charge in [-0.15, -0.1) is 0 Å². The number of carbonyl (C=O) groups excluding carboxylic acids is 2. The van der Waals surface area contributed by atoms with Crippen LogP contribution in [-0.2, 0) is 9.59 Å². The molecule has 1 N–H and O–H groups in total. The van der Waals surface area contributed by atoms with Crippen molar-refractivity contribution in [2.24, 2.45) is 0 Å². The van der Waals surface area contributed by atoms with E-state index in [4.69, 9.17) is 4.74 Å². The smallest absolute Gasteiger partial charge is 0.222 e. The Morgan fingerprint density at radius 3 is 2.48 bits per heavy atom. The Morgan fingerprint density at radius 1 is 1.15 bits per heavy atom. The molecule has 0 unspecified atom stereocenters. The van der Waals surface area contributed by atoms with Crippen LogP contribution in [0.2, 0.25) is 0 Å². The number of nitrogens with one attached hydrogen (secondary N) is 1. The molecule has 0 radical (unpaired) electrons. The number of hydrogen-bond acceptors (Lipinski definition) is 3. The predicted molar refractivity (Wildman–Crippen MR) is 96.2 cm³/mol. The van der Waals surface area contributed by atoms with Crippen molar-refractivity contribution >= 4 is 11.8 Å². The van der Waals surface area contributed by atoms with E-state index in [2.05, 4.69) is 5.32 Å². The summed E-state index contributed by atoms with van der Waals surface area (Å²) in [7, 11) is 0. The molecule has 5 nitrogen and oxygen atoms in total. The minimum atomic E-state index is -0.651. The van der Waals surface area contributed by atoms with E-state index in [1.54, 1.807) is 0 Å². The summed E-state index contributed by atoms with van der Waals surface area (Å²) in [6.45, 7) is 1.46. The van der Waals surface area contributed by atoms with Crippen molar-refractivity contribution < 1.29 is 23.1 Å². The highest BCUT2D eigenvalue weighted by Crippen LogP contribution is 2.25. The fourth-order valence-corrected chi connectivity index (χ4v) is 3.78. The standard InChI is InChI=1S/C20H26F2N2O3/c21-14-11-15(22)13-18(12-14)27-17-7-5-16(6-8-17)23-19(25)3-1-9-24-10-2-4-20(24)26/h11-13,16-17H,1-10H2,(H,23,25). The van der Waals surface area contributed by atoms with Crippen molar-refractivity contribution in [3.05, 3.63) is 29.8 Å². The van der Waals surface area contributed by atoms with E-state index in [9.17, 15) is 18.4 Å². The number of nitrogens with zero attached hydrogens (tertiary/aromatic N) is 1. The number of benzene rings is 1. The molecule has 1 saturated carbocycles. The molecule has 1 aliphatic heterocycles. The van der Waals surface area contributed by atoms with Crippen LogP contribution < -0.4 is 10.1 Å². The van der Waals surface area contributed by atoms with E-state index in [1.165, 1.54) is 12.1 Å². The van der Waals surface area contributed by atoms with Gasteiger partial charge in [0.15, 0.2) is 0 Å². The van der Waals surface area contributed by atoms with Crippen LogP contribution in [0.15, 0.2) is 18.2 Å². The van der Waals surface area contributed by atoms with E-state index in [0.29, 0.717) is 25.8 Å². The normalized spacial score (nSPS) is 22.7. The van der Waals surface area contributed by atoms with Gasteiger partial charge in [0.2, 0.25) is 11.8 Å². The van der Waals surface area contributed by atoms with E-state index in [0.717, 1.165) is 44.7 Å². The summed E-state index contributed by atoms with van der Waals surface area (Å²) in [6.07, 6.45) is 5.55. The summed E-state index contributed by atoms with van der Waals surface area (Å²) in [5, 5.41) is 3.04. The van der Waals surface area contributed by atoms with Crippen LogP contribution >= 0.6 is 0 Å². The molecule has 7 heteroatoms. The average molecular weight is 380 g/mol. The number of halogens is 2. The maximum Gasteiger partial charge on any atom is 0.222 e. The first-order valence-electron chi connectivity index (χ1n) is 9.69. The third-order valence-electron chi connectivity index (χ3n) is 5.18. The minimum absolute atomic E-state index is 0.0122. The third kappa shape index (κ3) is 5.91. The molecule has 148 valence electrons. The quantitative estimate of drug-likeness (QED) is 0.790. The molecule has 1 saturated heterocycles. The molecule has 1 aliphatic carbocycles. The second kappa shape index (κ2) is 9.15. The van der Waals surface area contributed by atoms with Crippen molar-refractivity contribution in [1.82, 2.24) is 10.2 Å². The topological polar surface area (TPSA) is 58.6 Å². The lowest BCUT2D eigenvalue weighted by molar-refractivity contribution is -0.128. The molecular weight excluding hydrogens is 354 g/mol. The highest BCUT2D eigenvalue weighted by Gasteiger charge is 2.24. The minimum Gasteiger partial charge on any atom is -0.490 e. The number of likely N-dealkylation sites (tertiary alicyclic amines) is 1. The first-order chi connectivity index (χ1) is 13.0. The number of carbonyl (C=O) groups is 2. The van der Waals surface area contributed by atoms with Crippen LogP contribution in [0.25, 0.3) is 0 Å². The average Bonchev–Trinajstić information content (AvgIpc) is 3.01. The van der Waals surface area contributed by atoms with E-state index < -0.39 is 11.6 Å². The summed E-state index contributed by atoms with van der Waals surface area (Å²) < 4.78 is 32.1. The fraction of sp³-hybridized carbons (Fsp3) is 0.600. The summed E-state index contributed by atoms with van der Waals surface area (Å²) in [5.41, 5.74) is 0. The van der Waals surface area contributed by atoms with Crippen LogP contribution in [0.1, 0.15) is 51.4 Å². The van der Waals surface area contributed by atoms with Crippen molar-refractivity contribution in [3.8, 4) is 5.75 Å². The molecule has 2 aliphatic rings.